The molecule has 0 atom stereocenters. The molecule has 1 saturated heterocycles. The van der Waals surface area contributed by atoms with Crippen molar-refractivity contribution in [1.29, 1.82) is 0 Å². The van der Waals surface area contributed by atoms with Crippen molar-refractivity contribution in [3.05, 3.63) is 83.9 Å². The topological polar surface area (TPSA) is 68.6 Å². The number of nitrogens with one attached hydrogen (secondary N) is 1. The van der Waals surface area contributed by atoms with Crippen LogP contribution in [0.2, 0.25) is 0 Å². The minimum atomic E-state index is -0.0893. The van der Waals surface area contributed by atoms with Gasteiger partial charge in [0.1, 0.15) is 12.4 Å². The van der Waals surface area contributed by atoms with E-state index in [2.05, 4.69) is 22.2 Å². The van der Waals surface area contributed by atoms with Gasteiger partial charge in [-0.1, -0.05) is 24.3 Å². The van der Waals surface area contributed by atoms with Crippen LogP contribution in [0, 0.1) is 0 Å². The third-order valence-electron chi connectivity index (χ3n) is 6.02. The summed E-state index contributed by atoms with van der Waals surface area (Å²) in [5, 5.41) is 3.00. The molecule has 0 radical (unpaired) electrons. The molecule has 1 aliphatic heterocycles. The number of ether oxygens (including phenoxy) is 2. The molecule has 174 valence electrons. The second-order valence-electron chi connectivity index (χ2n) is 8.43. The van der Waals surface area contributed by atoms with E-state index < -0.39 is 0 Å². The van der Waals surface area contributed by atoms with Gasteiger partial charge in [0, 0.05) is 56.8 Å². The summed E-state index contributed by atoms with van der Waals surface area (Å²) in [5.74, 6) is 0.736. The van der Waals surface area contributed by atoms with Gasteiger partial charge in [-0.3, -0.25) is 9.69 Å². The van der Waals surface area contributed by atoms with E-state index in [4.69, 9.17) is 9.47 Å². The summed E-state index contributed by atoms with van der Waals surface area (Å²) in [7, 11) is 2.15. The first kappa shape index (κ1) is 23.0. The normalized spacial score (nSPS) is 14.4. The first-order chi connectivity index (χ1) is 16.2. The molecule has 0 bridgehead atoms. The zero-order chi connectivity index (χ0) is 22.9. The highest BCUT2D eigenvalue weighted by Crippen LogP contribution is 2.15. The molecule has 2 aromatic carbocycles. The number of aromatic nitrogens is 2. The largest absolute Gasteiger partial charge is 0.492 e. The monoisotopic (exact) mass is 448 g/mol. The summed E-state index contributed by atoms with van der Waals surface area (Å²) in [6.45, 7) is 4.39. The quantitative estimate of drug-likeness (QED) is 0.515. The van der Waals surface area contributed by atoms with Crippen molar-refractivity contribution in [2.24, 2.45) is 0 Å². The van der Waals surface area contributed by atoms with Crippen molar-refractivity contribution in [3.63, 3.8) is 0 Å². The van der Waals surface area contributed by atoms with E-state index >= 15 is 0 Å². The van der Waals surface area contributed by atoms with Crippen LogP contribution < -0.4 is 10.1 Å². The third kappa shape index (κ3) is 6.91. The fourth-order valence-corrected chi connectivity index (χ4v) is 4.00. The van der Waals surface area contributed by atoms with Gasteiger partial charge >= 0.3 is 0 Å². The summed E-state index contributed by atoms with van der Waals surface area (Å²) in [6, 6.07) is 16.1. The van der Waals surface area contributed by atoms with E-state index in [9.17, 15) is 4.79 Å². The number of benzene rings is 2. The van der Waals surface area contributed by atoms with Gasteiger partial charge in [0.2, 0.25) is 0 Å². The van der Waals surface area contributed by atoms with Crippen molar-refractivity contribution in [3.8, 4) is 5.75 Å². The SMILES string of the molecule is CN(CCOc1cccc(CNC(=O)c2ccc(Cn3ccnc3)cc2)c1)C1CCOCC1. The van der Waals surface area contributed by atoms with Gasteiger partial charge in [-0.15, -0.1) is 0 Å². The lowest BCUT2D eigenvalue weighted by Gasteiger charge is -2.31. The number of nitrogens with zero attached hydrogens (tertiary/aromatic N) is 3. The van der Waals surface area contributed by atoms with Gasteiger partial charge in [0.05, 0.1) is 6.33 Å². The number of hydrogen-bond acceptors (Lipinski definition) is 5. The Balaban J connectivity index is 1.22. The predicted molar refractivity (Wildman–Crippen MR) is 127 cm³/mol. The second kappa shape index (κ2) is 11.6. The molecule has 33 heavy (non-hydrogen) atoms. The molecular weight excluding hydrogens is 416 g/mol. The molecule has 7 heteroatoms. The second-order valence-corrected chi connectivity index (χ2v) is 8.43. The lowest BCUT2D eigenvalue weighted by Crippen LogP contribution is -2.38. The van der Waals surface area contributed by atoms with Crippen LogP contribution in [0.5, 0.6) is 5.75 Å². The number of rotatable bonds is 10. The number of carbonyl (C=O) groups excluding carboxylic acids is 1. The molecule has 7 nitrogen and oxygen atoms in total. The molecule has 0 unspecified atom stereocenters. The lowest BCUT2D eigenvalue weighted by molar-refractivity contribution is 0.0392. The fourth-order valence-electron chi connectivity index (χ4n) is 4.00. The molecule has 1 amide bonds. The third-order valence-corrected chi connectivity index (χ3v) is 6.02. The number of imidazole rings is 1. The first-order valence-corrected chi connectivity index (χ1v) is 11.5. The fraction of sp³-hybridized carbons (Fsp3) is 0.385. The molecule has 3 aromatic rings. The molecule has 1 N–H and O–H groups in total. The van der Waals surface area contributed by atoms with E-state index in [1.807, 2.05) is 59.3 Å². The molecule has 1 fully saturated rings. The van der Waals surface area contributed by atoms with Gasteiger partial charge < -0.3 is 19.4 Å². The molecule has 0 saturated carbocycles. The summed E-state index contributed by atoms with van der Waals surface area (Å²) in [5.41, 5.74) is 2.78. The Labute approximate surface area is 195 Å². The molecule has 2 heterocycles. The number of carbonyl (C=O) groups is 1. The highest BCUT2D eigenvalue weighted by Gasteiger charge is 2.18. The van der Waals surface area contributed by atoms with Crippen LogP contribution in [0.1, 0.15) is 34.3 Å². The Kier molecular flexibility index (Phi) is 8.11. The van der Waals surface area contributed by atoms with Crippen LogP contribution in [-0.4, -0.2) is 59.8 Å². The first-order valence-electron chi connectivity index (χ1n) is 11.5. The standard InChI is InChI=1S/C26H32N4O3/c1-29(24-9-14-32-15-10-24)13-16-33-25-4-2-3-22(17-25)18-28-26(31)23-7-5-21(6-8-23)19-30-12-11-27-20-30/h2-8,11-12,17,20,24H,9-10,13-16,18-19H2,1H3,(H,28,31). The van der Waals surface area contributed by atoms with Gasteiger partial charge in [-0.2, -0.15) is 0 Å². The summed E-state index contributed by atoms with van der Waals surface area (Å²) in [4.78, 5) is 19.0. The van der Waals surface area contributed by atoms with E-state index in [1.165, 1.54) is 0 Å². The average Bonchev–Trinajstić information content (AvgIpc) is 3.37. The molecule has 1 aromatic heterocycles. The van der Waals surface area contributed by atoms with Crippen molar-refractivity contribution in [1.82, 2.24) is 19.8 Å². The Bertz CT molecular complexity index is 999. The summed E-state index contributed by atoms with van der Waals surface area (Å²) in [6.07, 6.45) is 7.62. The van der Waals surface area contributed by atoms with Crippen molar-refractivity contribution in [2.75, 3.05) is 33.4 Å². The maximum absolute atomic E-state index is 12.6. The maximum Gasteiger partial charge on any atom is 0.251 e. The lowest BCUT2D eigenvalue weighted by atomic mass is 10.1. The minimum absolute atomic E-state index is 0.0893. The van der Waals surface area contributed by atoms with Crippen LogP contribution in [0.3, 0.4) is 0 Å². The Morgan fingerprint density at radius 2 is 2.00 bits per heavy atom. The smallest absolute Gasteiger partial charge is 0.251 e. The van der Waals surface area contributed by atoms with Crippen molar-refractivity contribution >= 4 is 5.91 Å². The van der Waals surface area contributed by atoms with Crippen LogP contribution in [0.15, 0.2) is 67.3 Å². The van der Waals surface area contributed by atoms with Gasteiger partial charge in [-0.25, -0.2) is 4.98 Å². The van der Waals surface area contributed by atoms with Gasteiger partial charge in [0.25, 0.3) is 5.91 Å². The summed E-state index contributed by atoms with van der Waals surface area (Å²) >= 11 is 0. The zero-order valence-corrected chi connectivity index (χ0v) is 19.2. The van der Waals surface area contributed by atoms with E-state index in [-0.39, 0.29) is 5.91 Å². The Morgan fingerprint density at radius 1 is 1.18 bits per heavy atom. The number of likely N-dealkylation sites (N-methyl/N-ethyl adjacent to an activating group) is 1. The average molecular weight is 449 g/mol. The van der Waals surface area contributed by atoms with Crippen LogP contribution in [-0.2, 0) is 17.8 Å². The Morgan fingerprint density at radius 3 is 2.76 bits per heavy atom. The predicted octanol–water partition coefficient (Wildman–Crippen LogP) is 3.35. The van der Waals surface area contributed by atoms with Gasteiger partial charge in [0.15, 0.2) is 0 Å². The molecular formula is C26H32N4O3. The van der Waals surface area contributed by atoms with Crippen LogP contribution in [0.25, 0.3) is 0 Å². The molecule has 0 spiro atoms. The van der Waals surface area contributed by atoms with E-state index in [1.54, 1.807) is 12.5 Å². The van der Waals surface area contributed by atoms with Crippen molar-refractivity contribution in [2.45, 2.75) is 32.0 Å². The molecule has 1 aliphatic rings. The highest BCUT2D eigenvalue weighted by molar-refractivity contribution is 5.94. The Hall–Kier alpha value is -3.16. The van der Waals surface area contributed by atoms with Crippen molar-refractivity contribution < 1.29 is 14.3 Å². The van der Waals surface area contributed by atoms with Gasteiger partial charge in [-0.05, 0) is 55.3 Å². The number of hydrogen-bond donors (Lipinski definition) is 1. The minimum Gasteiger partial charge on any atom is -0.492 e. The van der Waals surface area contributed by atoms with E-state index in [0.717, 1.165) is 56.0 Å². The molecule has 0 aliphatic carbocycles. The van der Waals surface area contributed by atoms with Crippen LogP contribution >= 0.6 is 0 Å². The summed E-state index contributed by atoms with van der Waals surface area (Å²) < 4.78 is 13.4. The molecule has 4 rings (SSSR count). The van der Waals surface area contributed by atoms with Crippen LogP contribution in [0.4, 0.5) is 0 Å². The van der Waals surface area contributed by atoms with E-state index in [0.29, 0.717) is 24.8 Å². The zero-order valence-electron chi connectivity index (χ0n) is 19.2. The maximum atomic E-state index is 12.6. The highest BCUT2D eigenvalue weighted by atomic mass is 16.5. The number of amides is 1.